The Balaban J connectivity index is 3.49. The molecule has 0 saturated carbocycles. The average Bonchev–Trinajstić information content (AvgIpc) is 2.19. The van der Waals surface area contributed by atoms with Crippen LogP contribution >= 0.6 is 0 Å². The Bertz CT molecular complexity index is 522. The molecule has 0 fully saturated rings. The smallest absolute Gasteiger partial charge is 0.336 e. The van der Waals surface area contributed by atoms with Crippen LogP contribution in [0, 0.1) is 0 Å². The molecule has 0 bridgehead atoms. The largest absolute Gasteiger partial charge is 0.395 e. The third-order valence-corrected chi connectivity index (χ3v) is 1.80. The van der Waals surface area contributed by atoms with E-state index in [1.165, 1.54) is 6.08 Å². The molecule has 1 aromatic heterocycles. The van der Waals surface area contributed by atoms with Crippen LogP contribution in [0.3, 0.4) is 0 Å². The molecule has 0 aromatic carbocycles. The number of hydrogen-bond acceptors (Lipinski definition) is 4. The zero-order valence-electron chi connectivity index (χ0n) is 7.97. The van der Waals surface area contributed by atoms with E-state index in [1.807, 2.05) is 4.98 Å². The van der Waals surface area contributed by atoms with Crippen molar-refractivity contribution in [2.45, 2.75) is 13.1 Å². The maximum atomic E-state index is 11.5. The predicted molar refractivity (Wildman–Crippen MR) is 52.9 cm³/mol. The van der Waals surface area contributed by atoms with E-state index in [0.717, 1.165) is 9.13 Å². The molecule has 0 aliphatic heterocycles. The van der Waals surface area contributed by atoms with Gasteiger partial charge >= 0.3 is 17.1 Å². The molecule has 0 spiro atoms. The van der Waals surface area contributed by atoms with E-state index in [0.29, 0.717) is 0 Å². The minimum absolute atomic E-state index is 0.0138. The number of allylic oxidation sites excluding steroid dienone is 1. The molecule has 7 heteroatoms. The number of aliphatic hydroxyl groups is 1. The lowest BCUT2D eigenvalue weighted by molar-refractivity contribution is 0.268. The molecule has 1 heterocycles. The molecule has 1 rings (SSSR count). The van der Waals surface area contributed by atoms with Crippen LogP contribution in [-0.2, 0) is 13.1 Å². The third kappa shape index (κ3) is 2.13. The van der Waals surface area contributed by atoms with Crippen molar-refractivity contribution in [1.29, 1.82) is 0 Å². The maximum Gasteiger partial charge on any atom is 0.336 e. The summed E-state index contributed by atoms with van der Waals surface area (Å²) < 4.78 is 1.58. The molecular formula is C8H11N3O4. The normalized spacial score (nSPS) is 10.2. The van der Waals surface area contributed by atoms with Gasteiger partial charge in [0.2, 0.25) is 0 Å². The lowest BCUT2D eigenvalue weighted by Crippen LogP contribution is -2.49. The fraction of sp³-hybridized carbons (Fsp3) is 0.375. The summed E-state index contributed by atoms with van der Waals surface area (Å²) in [5.74, 6) is 0. The second-order valence-electron chi connectivity index (χ2n) is 2.79. The number of aromatic nitrogens is 3. The van der Waals surface area contributed by atoms with Crippen molar-refractivity contribution in [3.8, 4) is 0 Å². The van der Waals surface area contributed by atoms with Crippen molar-refractivity contribution in [3.63, 3.8) is 0 Å². The lowest BCUT2D eigenvalue weighted by Gasteiger charge is -2.04. The van der Waals surface area contributed by atoms with Crippen LogP contribution < -0.4 is 17.1 Å². The molecule has 0 aliphatic rings. The van der Waals surface area contributed by atoms with Crippen molar-refractivity contribution >= 4 is 0 Å². The van der Waals surface area contributed by atoms with E-state index in [1.54, 1.807) is 0 Å². The lowest BCUT2D eigenvalue weighted by atomic mass is 10.6. The van der Waals surface area contributed by atoms with Crippen molar-refractivity contribution in [2.24, 2.45) is 0 Å². The highest BCUT2D eigenvalue weighted by Crippen LogP contribution is 1.72. The van der Waals surface area contributed by atoms with Crippen LogP contribution in [0.2, 0.25) is 0 Å². The molecule has 2 N–H and O–H groups in total. The van der Waals surface area contributed by atoms with E-state index >= 15 is 0 Å². The molecule has 0 radical (unpaired) electrons. The Kier molecular flexibility index (Phi) is 3.40. The summed E-state index contributed by atoms with van der Waals surface area (Å²) >= 11 is 0. The van der Waals surface area contributed by atoms with Gasteiger partial charge in [-0.1, -0.05) is 6.08 Å². The number of rotatable bonds is 4. The zero-order chi connectivity index (χ0) is 11.4. The number of nitrogens with zero attached hydrogens (tertiary/aromatic N) is 2. The van der Waals surface area contributed by atoms with Gasteiger partial charge in [-0.2, -0.15) is 0 Å². The molecule has 1 aromatic rings. The van der Waals surface area contributed by atoms with Gasteiger partial charge in [-0.05, 0) is 0 Å². The highest BCUT2D eigenvalue weighted by atomic mass is 16.3. The molecule has 0 aliphatic carbocycles. The van der Waals surface area contributed by atoms with Crippen molar-refractivity contribution in [3.05, 3.63) is 44.1 Å². The Morgan fingerprint density at radius 2 is 1.87 bits per heavy atom. The SMILES string of the molecule is C=CCn1c(=O)[nH]c(=O)n(CCO)c1=O. The van der Waals surface area contributed by atoms with E-state index in [9.17, 15) is 14.4 Å². The molecule has 0 amide bonds. The quantitative estimate of drug-likeness (QED) is 0.558. The number of aliphatic hydroxyl groups excluding tert-OH is 1. The van der Waals surface area contributed by atoms with Crippen molar-refractivity contribution in [1.82, 2.24) is 14.1 Å². The van der Waals surface area contributed by atoms with E-state index in [2.05, 4.69) is 6.58 Å². The highest BCUT2D eigenvalue weighted by Gasteiger charge is 2.07. The first-order chi connectivity index (χ1) is 7.11. The van der Waals surface area contributed by atoms with Crippen molar-refractivity contribution < 1.29 is 5.11 Å². The molecular weight excluding hydrogens is 202 g/mol. The second kappa shape index (κ2) is 4.56. The van der Waals surface area contributed by atoms with Crippen LogP contribution in [0.5, 0.6) is 0 Å². The van der Waals surface area contributed by atoms with Crippen LogP contribution in [-0.4, -0.2) is 25.8 Å². The van der Waals surface area contributed by atoms with Gasteiger partial charge in [0.1, 0.15) is 0 Å². The van der Waals surface area contributed by atoms with Gasteiger partial charge in [0.25, 0.3) is 0 Å². The Labute approximate surface area is 83.9 Å². The predicted octanol–water partition coefficient (Wildman–Crippen LogP) is -2.12. The van der Waals surface area contributed by atoms with Gasteiger partial charge in [0.05, 0.1) is 19.7 Å². The van der Waals surface area contributed by atoms with Crippen LogP contribution in [0.1, 0.15) is 0 Å². The Morgan fingerprint density at radius 3 is 2.40 bits per heavy atom. The highest BCUT2D eigenvalue weighted by molar-refractivity contribution is 4.78. The molecule has 0 saturated heterocycles. The van der Waals surface area contributed by atoms with Crippen LogP contribution in [0.15, 0.2) is 27.0 Å². The first-order valence-corrected chi connectivity index (χ1v) is 4.27. The van der Waals surface area contributed by atoms with Gasteiger partial charge in [-0.3, -0.25) is 4.98 Å². The minimum atomic E-state index is -0.820. The summed E-state index contributed by atoms with van der Waals surface area (Å²) in [6, 6.07) is 0. The molecule has 0 unspecified atom stereocenters. The number of nitrogens with one attached hydrogen (secondary N) is 1. The van der Waals surface area contributed by atoms with E-state index in [4.69, 9.17) is 5.11 Å². The maximum absolute atomic E-state index is 11.5. The number of H-pyrrole nitrogens is 1. The summed E-state index contributed by atoms with van der Waals surface area (Å²) in [7, 11) is 0. The summed E-state index contributed by atoms with van der Waals surface area (Å²) in [4.78, 5) is 35.9. The van der Waals surface area contributed by atoms with Gasteiger partial charge in [0.15, 0.2) is 0 Å². The molecule has 7 nitrogen and oxygen atoms in total. The van der Waals surface area contributed by atoms with Gasteiger partial charge in [-0.25, -0.2) is 23.5 Å². The summed E-state index contributed by atoms with van der Waals surface area (Å²) in [6.45, 7) is 2.90. The Morgan fingerprint density at radius 1 is 1.27 bits per heavy atom. The molecule has 0 atom stereocenters. The monoisotopic (exact) mass is 213 g/mol. The van der Waals surface area contributed by atoms with E-state index in [-0.39, 0.29) is 19.7 Å². The fourth-order valence-electron chi connectivity index (χ4n) is 1.13. The average molecular weight is 213 g/mol. The Hall–Kier alpha value is -1.89. The summed E-state index contributed by atoms with van der Waals surface area (Å²) in [5, 5.41) is 8.64. The number of aromatic amines is 1. The first-order valence-electron chi connectivity index (χ1n) is 4.27. The molecule has 15 heavy (non-hydrogen) atoms. The van der Waals surface area contributed by atoms with Gasteiger partial charge in [0, 0.05) is 0 Å². The second-order valence-corrected chi connectivity index (χ2v) is 2.79. The topological polar surface area (TPSA) is 97.1 Å². The van der Waals surface area contributed by atoms with Crippen molar-refractivity contribution in [2.75, 3.05) is 6.61 Å². The summed E-state index contributed by atoms with van der Waals surface area (Å²) in [5.41, 5.74) is -2.35. The first kappa shape index (κ1) is 11.2. The fourth-order valence-corrected chi connectivity index (χ4v) is 1.13. The standard InChI is InChI=1S/C8H11N3O4/c1-2-3-10-6(13)9-7(14)11(4-5-12)8(10)15/h2,12H,1,3-5H2,(H,9,13,14). The van der Waals surface area contributed by atoms with E-state index < -0.39 is 17.1 Å². The van der Waals surface area contributed by atoms with Crippen LogP contribution in [0.4, 0.5) is 0 Å². The molecule has 82 valence electrons. The van der Waals surface area contributed by atoms with Gasteiger partial charge < -0.3 is 5.11 Å². The third-order valence-electron chi connectivity index (χ3n) is 1.80. The van der Waals surface area contributed by atoms with Crippen LogP contribution in [0.25, 0.3) is 0 Å². The number of hydrogen-bond donors (Lipinski definition) is 2. The summed E-state index contributed by atoms with van der Waals surface area (Å²) in [6.07, 6.45) is 1.37. The van der Waals surface area contributed by atoms with Gasteiger partial charge in [-0.15, -0.1) is 6.58 Å². The zero-order valence-corrected chi connectivity index (χ0v) is 7.97. The minimum Gasteiger partial charge on any atom is -0.395 e.